The number of carbonyl (C=O) groups is 1. The summed E-state index contributed by atoms with van der Waals surface area (Å²) in [7, 11) is 0. The minimum atomic E-state index is -1.01. The highest BCUT2D eigenvalue weighted by atomic mass is 19.1. The maximum absolute atomic E-state index is 13.9. The van der Waals surface area contributed by atoms with Crippen molar-refractivity contribution in [2.24, 2.45) is 0 Å². The van der Waals surface area contributed by atoms with Gasteiger partial charge in [0.05, 0.1) is 23.9 Å². The van der Waals surface area contributed by atoms with Crippen LogP contribution in [0.15, 0.2) is 66.9 Å². The number of aryl methyl sites for hydroxylation is 2. The molecule has 8 heteroatoms. The fourth-order valence-corrected chi connectivity index (χ4v) is 4.68. The number of hydrogen-bond acceptors (Lipinski definition) is 4. The van der Waals surface area contributed by atoms with Crippen molar-refractivity contribution in [1.82, 2.24) is 20.4 Å². The lowest BCUT2D eigenvalue weighted by atomic mass is 10.00. The highest BCUT2D eigenvalue weighted by molar-refractivity contribution is 5.98. The number of carbonyl (C=O) groups excluding carboxylic acids is 1. The number of nitrogens with zero attached hydrogens (tertiary/aromatic N) is 2. The van der Waals surface area contributed by atoms with Crippen LogP contribution in [0.2, 0.25) is 0 Å². The molecular formula is C31H36F2N4O2. The van der Waals surface area contributed by atoms with Crippen LogP contribution in [0, 0.1) is 11.6 Å². The Morgan fingerprint density at radius 2 is 1.77 bits per heavy atom. The highest BCUT2D eigenvalue weighted by Crippen LogP contribution is 2.18. The van der Waals surface area contributed by atoms with Gasteiger partial charge in [-0.15, -0.1) is 0 Å². The van der Waals surface area contributed by atoms with E-state index in [-0.39, 0.29) is 18.9 Å². The molecule has 1 heterocycles. The summed E-state index contributed by atoms with van der Waals surface area (Å²) in [5.41, 5.74) is 3.94. The summed E-state index contributed by atoms with van der Waals surface area (Å²) < 4.78 is 29.7. The quantitative estimate of drug-likeness (QED) is 0.221. The van der Waals surface area contributed by atoms with Crippen LogP contribution >= 0.6 is 0 Å². The van der Waals surface area contributed by atoms with E-state index >= 15 is 0 Å². The molecular weight excluding hydrogens is 498 g/mol. The molecule has 6 nitrogen and oxygen atoms in total. The molecule has 0 aliphatic rings. The van der Waals surface area contributed by atoms with Gasteiger partial charge >= 0.3 is 0 Å². The van der Waals surface area contributed by atoms with Gasteiger partial charge in [0.2, 0.25) is 0 Å². The Hall–Kier alpha value is -3.62. The van der Waals surface area contributed by atoms with Crippen LogP contribution < -0.4 is 10.6 Å². The molecule has 0 aliphatic carbocycles. The zero-order chi connectivity index (χ0) is 27.8. The van der Waals surface area contributed by atoms with E-state index in [1.54, 1.807) is 18.3 Å². The molecule has 1 amide bonds. The van der Waals surface area contributed by atoms with Crippen LogP contribution in [0.4, 0.5) is 8.78 Å². The molecule has 4 rings (SSSR count). The highest BCUT2D eigenvalue weighted by Gasteiger charge is 2.23. The van der Waals surface area contributed by atoms with E-state index in [4.69, 9.17) is 0 Å². The van der Waals surface area contributed by atoms with Gasteiger partial charge in [-0.2, -0.15) is 5.10 Å². The third-order valence-electron chi connectivity index (χ3n) is 6.87. The van der Waals surface area contributed by atoms with E-state index in [0.717, 1.165) is 48.3 Å². The summed E-state index contributed by atoms with van der Waals surface area (Å²) in [6.45, 7) is 5.68. The first kappa shape index (κ1) is 28.4. The monoisotopic (exact) mass is 534 g/mol. The summed E-state index contributed by atoms with van der Waals surface area (Å²) in [6, 6.07) is 16.0. The van der Waals surface area contributed by atoms with Crippen LogP contribution in [0.25, 0.3) is 10.9 Å². The fraction of sp³-hybridized carbons (Fsp3) is 0.355. The molecule has 1 aromatic heterocycles. The van der Waals surface area contributed by atoms with Crippen LogP contribution in [-0.4, -0.2) is 39.5 Å². The summed E-state index contributed by atoms with van der Waals surface area (Å²) in [5, 5.41) is 22.6. The maximum Gasteiger partial charge on any atom is 0.251 e. The van der Waals surface area contributed by atoms with Crippen LogP contribution in [-0.2, 0) is 25.9 Å². The largest absolute Gasteiger partial charge is 0.390 e. The third kappa shape index (κ3) is 7.71. The lowest BCUT2D eigenvalue weighted by Crippen LogP contribution is -2.48. The van der Waals surface area contributed by atoms with Gasteiger partial charge in [0, 0.05) is 36.7 Å². The maximum atomic E-state index is 13.9. The Balaban J connectivity index is 1.50. The van der Waals surface area contributed by atoms with Gasteiger partial charge in [0.25, 0.3) is 5.91 Å². The van der Waals surface area contributed by atoms with Crippen molar-refractivity contribution in [3.8, 4) is 0 Å². The van der Waals surface area contributed by atoms with E-state index in [2.05, 4.69) is 41.7 Å². The van der Waals surface area contributed by atoms with Crippen molar-refractivity contribution in [3.63, 3.8) is 0 Å². The number of aliphatic hydroxyl groups excluding tert-OH is 1. The number of fused-ring (bicyclic) bond motifs is 1. The number of aliphatic hydroxyl groups is 1. The minimum absolute atomic E-state index is 0.0608. The summed E-state index contributed by atoms with van der Waals surface area (Å²) >= 11 is 0. The van der Waals surface area contributed by atoms with E-state index < -0.39 is 23.8 Å². The number of hydrogen-bond donors (Lipinski definition) is 3. The zero-order valence-corrected chi connectivity index (χ0v) is 22.5. The molecule has 206 valence electrons. The number of unbranched alkanes of at least 4 members (excludes halogenated alkanes) is 1. The van der Waals surface area contributed by atoms with Crippen molar-refractivity contribution >= 4 is 16.8 Å². The van der Waals surface area contributed by atoms with Crippen molar-refractivity contribution in [3.05, 3.63) is 101 Å². The van der Waals surface area contributed by atoms with Gasteiger partial charge < -0.3 is 15.7 Å². The summed E-state index contributed by atoms with van der Waals surface area (Å²) in [6.07, 6.45) is 3.76. The molecule has 0 spiro atoms. The molecule has 0 aliphatic heterocycles. The van der Waals surface area contributed by atoms with Gasteiger partial charge in [0.1, 0.15) is 11.6 Å². The number of amides is 1. The van der Waals surface area contributed by atoms with E-state index in [1.165, 1.54) is 17.7 Å². The standard InChI is InChI=1S/C31H36F2N4O2/c1-3-5-11-37-29-16-24(9-10-25(29)19-35-37)31(39)36-28(15-23-13-26(32)17-27(33)14-23)30(38)20-34-18-22-8-6-7-21(4-2)12-22/h6-10,12-14,16-17,19,28,30,34,38H,3-5,11,15,18,20H2,1-2H3,(H,36,39)/t28-,30+/m0/s1. The lowest BCUT2D eigenvalue weighted by Gasteiger charge is -2.25. The molecule has 3 aromatic carbocycles. The second-order valence-electron chi connectivity index (χ2n) is 9.93. The molecule has 0 bridgehead atoms. The van der Waals surface area contributed by atoms with Gasteiger partial charge in [-0.25, -0.2) is 8.78 Å². The van der Waals surface area contributed by atoms with Crippen LogP contribution in [0.5, 0.6) is 0 Å². The number of benzene rings is 3. The molecule has 3 N–H and O–H groups in total. The topological polar surface area (TPSA) is 79.2 Å². The van der Waals surface area contributed by atoms with Crippen LogP contribution in [0.1, 0.15) is 53.7 Å². The third-order valence-corrected chi connectivity index (χ3v) is 6.87. The van der Waals surface area contributed by atoms with Crippen molar-refractivity contribution in [2.75, 3.05) is 6.54 Å². The van der Waals surface area contributed by atoms with E-state index in [9.17, 15) is 18.7 Å². The zero-order valence-electron chi connectivity index (χ0n) is 22.5. The van der Waals surface area contributed by atoms with Crippen LogP contribution in [0.3, 0.4) is 0 Å². The Kier molecular flexibility index (Phi) is 9.79. The molecule has 4 aromatic rings. The van der Waals surface area contributed by atoms with Gasteiger partial charge in [-0.05, 0) is 60.2 Å². The van der Waals surface area contributed by atoms with Gasteiger partial charge in [0.15, 0.2) is 0 Å². The van der Waals surface area contributed by atoms with Crippen molar-refractivity contribution in [2.45, 2.75) is 64.8 Å². The normalized spacial score (nSPS) is 12.9. The van der Waals surface area contributed by atoms with E-state index in [1.807, 2.05) is 22.9 Å². The minimum Gasteiger partial charge on any atom is -0.390 e. The SMILES string of the molecule is CCCCn1ncc2ccc(C(=O)N[C@@H](Cc3cc(F)cc(F)c3)[C@H](O)CNCc3cccc(CC)c3)cc21. The Labute approximate surface area is 228 Å². The molecule has 0 fully saturated rings. The number of nitrogens with one attached hydrogen (secondary N) is 2. The Morgan fingerprint density at radius 3 is 2.51 bits per heavy atom. The number of aromatic nitrogens is 2. The molecule has 0 saturated carbocycles. The molecule has 0 radical (unpaired) electrons. The summed E-state index contributed by atoms with van der Waals surface area (Å²) in [5.74, 6) is -1.79. The van der Waals surface area contributed by atoms with E-state index in [0.29, 0.717) is 17.7 Å². The predicted molar refractivity (Wildman–Crippen MR) is 149 cm³/mol. The molecule has 0 unspecified atom stereocenters. The van der Waals surface area contributed by atoms with Crippen molar-refractivity contribution in [1.29, 1.82) is 0 Å². The number of halogens is 2. The molecule has 39 heavy (non-hydrogen) atoms. The summed E-state index contributed by atoms with van der Waals surface area (Å²) in [4.78, 5) is 13.3. The Morgan fingerprint density at radius 1 is 1.00 bits per heavy atom. The second kappa shape index (κ2) is 13.4. The first-order valence-electron chi connectivity index (χ1n) is 13.5. The van der Waals surface area contributed by atoms with Gasteiger partial charge in [-0.3, -0.25) is 9.48 Å². The molecule has 0 saturated heterocycles. The number of rotatable bonds is 13. The average molecular weight is 535 g/mol. The van der Waals surface area contributed by atoms with Crippen molar-refractivity contribution < 1.29 is 18.7 Å². The van der Waals surface area contributed by atoms with Gasteiger partial charge in [-0.1, -0.05) is 50.6 Å². The average Bonchev–Trinajstić information content (AvgIpc) is 3.33. The lowest BCUT2D eigenvalue weighted by molar-refractivity contribution is 0.0830. The molecule has 2 atom stereocenters. The predicted octanol–water partition coefficient (Wildman–Crippen LogP) is 5.17. The first-order chi connectivity index (χ1) is 18.9. The smallest absolute Gasteiger partial charge is 0.251 e. The Bertz CT molecular complexity index is 1380. The second-order valence-corrected chi connectivity index (χ2v) is 9.93. The fourth-order valence-electron chi connectivity index (χ4n) is 4.68. The first-order valence-corrected chi connectivity index (χ1v) is 13.5.